The van der Waals surface area contributed by atoms with Gasteiger partial charge in [-0.3, -0.25) is 34.4 Å². The first kappa shape index (κ1) is 44.6. The van der Waals surface area contributed by atoms with E-state index in [9.17, 15) is 27.6 Å². The fourth-order valence-electron chi connectivity index (χ4n) is 7.44. The number of carbonyl (C=O) groups is 4. The summed E-state index contributed by atoms with van der Waals surface area (Å²) in [7, 11) is -4.08. The van der Waals surface area contributed by atoms with Crippen molar-refractivity contribution in [3.63, 3.8) is 0 Å². The van der Waals surface area contributed by atoms with Crippen LogP contribution in [0, 0.1) is 5.41 Å². The molecule has 1 fully saturated rings. The maximum atomic E-state index is 14.3. The van der Waals surface area contributed by atoms with E-state index >= 15 is 0 Å². The van der Waals surface area contributed by atoms with Gasteiger partial charge in [0.1, 0.15) is 17.9 Å². The van der Waals surface area contributed by atoms with Crippen LogP contribution in [-0.4, -0.2) is 97.0 Å². The summed E-state index contributed by atoms with van der Waals surface area (Å²) in [4.78, 5) is 59.9. The number of nitrogen functional groups attached to an aromatic ring is 1. The standard InChI is InChI=1S/C45H55N9O6S/c1-44(2)42(57)49-35-18-12-30(13-19-35)26-37(40(55)48-28-32-10-16-34(17-11-32)39(46)47)51-41(56)38(52-61(59,60)29-33-8-6-5-7-9-33)27-31-14-20-36(21-15-31)50-43(58)45(3,4)54-24-22-53(44)23-25-54/h5-21,37-38,52H,22-29H2,1-4H3,(H3,46,47)(H,48,55)(H,49,57)(H,50,58)(H,51,56)/t37-,38+/m0/s1. The average molecular weight is 850 g/mol. The lowest BCUT2D eigenvalue weighted by Crippen LogP contribution is -2.64. The maximum absolute atomic E-state index is 14.3. The summed E-state index contributed by atoms with van der Waals surface area (Å²) in [6, 6.07) is 26.8. The Morgan fingerprint density at radius 2 is 1.21 bits per heavy atom. The number of hydrogen-bond acceptors (Lipinski definition) is 9. The Morgan fingerprint density at radius 3 is 1.70 bits per heavy atom. The van der Waals surface area contributed by atoms with Crippen LogP contribution >= 0.6 is 0 Å². The van der Waals surface area contributed by atoms with Crippen LogP contribution in [0.3, 0.4) is 0 Å². The van der Waals surface area contributed by atoms with Crippen LogP contribution in [0.5, 0.6) is 0 Å². The molecule has 0 radical (unpaired) electrons. The molecule has 0 aliphatic carbocycles. The van der Waals surface area contributed by atoms with Gasteiger partial charge in [-0.15, -0.1) is 0 Å². The number of nitrogens with two attached hydrogens (primary N) is 1. The Bertz CT molecular complexity index is 2330. The normalized spacial score (nSPS) is 22.0. The lowest BCUT2D eigenvalue weighted by molar-refractivity contribution is -0.132. The summed E-state index contributed by atoms with van der Waals surface area (Å²) in [6.07, 6.45) is -0.0233. The van der Waals surface area contributed by atoms with Gasteiger partial charge in [0.25, 0.3) is 0 Å². The van der Waals surface area contributed by atoms with Gasteiger partial charge in [-0.1, -0.05) is 78.9 Å². The van der Waals surface area contributed by atoms with Gasteiger partial charge < -0.3 is 27.0 Å². The molecule has 6 aliphatic rings. The lowest BCUT2D eigenvalue weighted by Gasteiger charge is -2.47. The van der Waals surface area contributed by atoms with E-state index in [1.165, 1.54) is 0 Å². The van der Waals surface area contributed by atoms with Crippen molar-refractivity contribution in [1.82, 2.24) is 25.2 Å². The van der Waals surface area contributed by atoms with E-state index in [1.54, 1.807) is 103 Å². The van der Waals surface area contributed by atoms with Crippen molar-refractivity contribution < 1.29 is 27.6 Å². The molecule has 4 amide bonds. The Kier molecular flexibility index (Phi) is 13.7. The molecule has 1 saturated heterocycles. The fraction of sp³-hybridized carbons (Fsp3) is 0.356. The zero-order chi connectivity index (χ0) is 44.0. The van der Waals surface area contributed by atoms with Gasteiger partial charge in [-0.2, -0.15) is 0 Å². The molecular weight excluding hydrogens is 795 g/mol. The van der Waals surface area contributed by atoms with E-state index in [-0.39, 0.29) is 42.8 Å². The third-order valence-electron chi connectivity index (χ3n) is 11.5. The number of sulfonamides is 1. The van der Waals surface area contributed by atoms with Crippen molar-refractivity contribution >= 4 is 50.9 Å². The van der Waals surface area contributed by atoms with Gasteiger partial charge in [0, 0.05) is 56.1 Å². The van der Waals surface area contributed by atoms with Crippen LogP contribution < -0.4 is 31.7 Å². The van der Waals surface area contributed by atoms with E-state index in [1.807, 2.05) is 27.7 Å². The monoisotopic (exact) mass is 849 g/mol. The molecule has 2 atom stereocenters. The SMILES string of the molecule is CC1(C)C(=O)Nc2ccc(cc2)C[C@@H](C(=O)NCc2ccc(C(=N)N)cc2)NC(=O)[C@H](NS(=O)(=O)Cc2ccccc2)Cc2ccc(cc2)NC(=O)C(C)(C)N2CCN1CC2. The molecular formula is C45H55N9O6S. The van der Waals surface area contributed by atoms with E-state index < -0.39 is 45.0 Å². The van der Waals surface area contributed by atoms with Crippen molar-refractivity contribution in [3.05, 3.63) is 131 Å². The van der Waals surface area contributed by atoms with E-state index in [2.05, 4.69) is 35.8 Å². The number of rotatable bonds is 8. The maximum Gasteiger partial charge on any atom is 0.244 e. The number of nitrogens with one attached hydrogen (secondary N) is 6. The molecule has 322 valence electrons. The molecule has 6 heterocycles. The molecule has 0 saturated carbocycles. The molecule has 4 aromatic carbocycles. The molecule has 6 bridgehead atoms. The fourth-order valence-corrected chi connectivity index (χ4v) is 8.77. The number of anilines is 2. The van der Waals surface area contributed by atoms with Crippen LogP contribution in [0.25, 0.3) is 0 Å². The van der Waals surface area contributed by atoms with Gasteiger partial charge in [-0.05, 0) is 80.6 Å². The second-order valence-corrected chi connectivity index (χ2v) is 18.4. The van der Waals surface area contributed by atoms with Crippen molar-refractivity contribution in [3.8, 4) is 0 Å². The van der Waals surface area contributed by atoms with Crippen molar-refractivity contribution in [2.75, 3.05) is 36.8 Å². The van der Waals surface area contributed by atoms with E-state index in [0.717, 1.165) is 5.56 Å². The van der Waals surface area contributed by atoms with Gasteiger partial charge in [-0.25, -0.2) is 13.1 Å². The number of fused-ring (bicyclic) bond motifs is 1. The van der Waals surface area contributed by atoms with Gasteiger partial charge in [0.2, 0.25) is 33.7 Å². The zero-order valence-electron chi connectivity index (χ0n) is 35.0. The topological polar surface area (TPSA) is 219 Å². The molecule has 61 heavy (non-hydrogen) atoms. The molecule has 15 nitrogen and oxygen atoms in total. The van der Waals surface area contributed by atoms with Crippen LogP contribution in [0.4, 0.5) is 11.4 Å². The third-order valence-corrected chi connectivity index (χ3v) is 12.8. The Labute approximate surface area is 357 Å². The Hall–Kier alpha value is -5.94. The predicted molar refractivity (Wildman–Crippen MR) is 236 cm³/mol. The predicted octanol–water partition coefficient (Wildman–Crippen LogP) is 3.11. The number of nitrogens with zero attached hydrogens (tertiary/aromatic N) is 2. The highest BCUT2D eigenvalue weighted by Gasteiger charge is 2.41. The lowest BCUT2D eigenvalue weighted by atomic mass is 9.96. The summed E-state index contributed by atoms with van der Waals surface area (Å²) in [6.45, 7) is 9.84. The smallest absolute Gasteiger partial charge is 0.244 e. The Balaban J connectivity index is 1.32. The molecule has 8 N–H and O–H groups in total. The molecule has 16 heteroatoms. The minimum atomic E-state index is -4.08. The first-order valence-corrected chi connectivity index (χ1v) is 21.9. The largest absolute Gasteiger partial charge is 0.384 e. The summed E-state index contributed by atoms with van der Waals surface area (Å²) < 4.78 is 29.8. The van der Waals surface area contributed by atoms with E-state index in [4.69, 9.17) is 11.1 Å². The number of piperazine rings is 1. The zero-order valence-corrected chi connectivity index (χ0v) is 35.8. The Morgan fingerprint density at radius 1 is 0.721 bits per heavy atom. The molecule has 0 spiro atoms. The van der Waals surface area contributed by atoms with Crippen LogP contribution in [0.2, 0.25) is 0 Å². The molecule has 10 rings (SSSR count). The highest BCUT2D eigenvalue weighted by molar-refractivity contribution is 7.88. The van der Waals surface area contributed by atoms with Crippen molar-refractivity contribution in [1.29, 1.82) is 5.41 Å². The minimum Gasteiger partial charge on any atom is -0.384 e. The first-order chi connectivity index (χ1) is 28.9. The van der Waals surface area contributed by atoms with Gasteiger partial charge in [0.15, 0.2) is 0 Å². The molecule has 0 aromatic heterocycles. The minimum absolute atomic E-state index is 0.0407. The van der Waals surface area contributed by atoms with E-state index in [0.29, 0.717) is 59.8 Å². The van der Waals surface area contributed by atoms with Gasteiger partial charge in [0.05, 0.1) is 16.8 Å². The van der Waals surface area contributed by atoms with Crippen molar-refractivity contribution in [2.45, 2.75) is 76.0 Å². The average Bonchev–Trinajstić information content (AvgIpc) is 3.23. The second kappa shape index (κ2) is 18.8. The number of carbonyl (C=O) groups excluding carboxylic acids is 4. The van der Waals surface area contributed by atoms with Crippen LogP contribution in [0.15, 0.2) is 103 Å². The second-order valence-electron chi connectivity index (χ2n) is 16.6. The summed E-state index contributed by atoms with van der Waals surface area (Å²) in [5.74, 6) is -2.12. The highest BCUT2D eigenvalue weighted by Crippen LogP contribution is 2.25. The number of amidine groups is 1. The van der Waals surface area contributed by atoms with Crippen LogP contribution in [0.1, 0.15) is 55.5 Å². The molecule has 0 unspecified atom stereocenters. The first-order valence-electron chi connectivity index (χ1n) is 20.3. The summed E-state index contributed by atoms with van der Waals surface area (Å²) >= 11 is 0. The summed E-state index contributed by atoms with van der Waals surface area (Å²) in [5, 5.41) is 19.4. The van der Waals surface area contributed by atoms with Gasteiger partial charge >= 0.3 is 0 Å². The molecule has 4 aromatic rings. The number of benzene rings is 4. The number of amides is 4. The number of hydrogen-bond donors (Lipinski definition) is 7. The summed E-state index contributed by atoms with van der Waals surface area (Å²) in [5.41, 5.74) is 8.01. The third kappa shape index (κ3) is 11.5. The van der Waals surface area contributed by atoms with Crippen molar-refractivity contribution in [2.24, 2.45) is 5.73 Å². The molecule has 6 aliphatic heterocycles. The van der Waals surface area contributed by atoms with Crippen LogP contribution in [-0.2, 0) is 54.3 Å². The quantitative estimate of drug-likeness (QED) is 0.102. The highest BCUT2D eigenvalue weighted by atomic mass is 32.2.